The second-order valence-electron chi connectivity index (χ2n) is 4.17. The molecule has 0 amide bonds. The zero-order valence-corrected chi connectivity index (χ0v) is 13.0. The second-order valence-corrected chi connectivity index (χ2v) is 6.17. The van der Waals surface area contributed by atoms with Crippen LogP contribution in [-0.2, 0) is 6.54 Å². The molecule has 0 unspecified atom stereocenters. The number of halogens is 4. The number of hydrogen-bond acceptors (Lipinski definition) is 3. The van der Waals surface area contributed by atoms with Gasteiger partial charge in [-0.1, -0.05) is 12.1 Å². The molecular formula is C14H11BrF3NOS. The van der Waals surface area contributed by atoms with Crippen molar-refractivity contribution in [1.29, 1.82) is 0 Å². The van der Waals surface area contributed by atoms with Gasteiger partial charge in [-0.3, -0.25) is 0 Å². The normalized spacial score (nSPS) is 11.4. The minimum atomic E-state index is -4.28. The summed E-state index contributed by atoms with van der Waals surface area (Å²) in [7, 11) is 0. The van der Waals surface area contributed by atoms with Crippen LogP contribution in [-0.4, -0.2) is 10.6 Å². The van der Waals surface area contributed by atoms with Gasteiger partial charge in [0.15, 0.2) is 0 Å². The summed E-state index contributed by atoms with van der Waals surface area (Å²) >= 11 is 3.08. The number of benzene rings is 2. The number of nitrogens with one attached hydrogen (secondary N) is 1. The molecule has 0 aliphatic carbocycles. The first kappa shape index (κ1) is 16.0. The molecule has 2 aromatic rings. The lowest BCUT2D eigenvalue weighted by Gasteiger charge is -2.10. The fourth-order valence-corrected chi connectivity index (χ4v) is 2.62. The van der Waals surface area contributed by atoms with Gasteiger partial charge in [-0.15, -0.1) is 0 Å². The van der Waals surface area contributed by atoms with Crippen LogP contribution in [0.1, 0.15) is 5.56 Å². The summed E-state index contributed by atoms with van der Waals surface area (Å²) in [4.78, 5) is 0.137. The Bertz CT molecular complexity index is 617. The molecule has 0 aliphatic rings. The van der Waals surface area contributed by atoms with E-state index in [1.807, 2.05) is 0 Å². The topological polar surface area (TPSA) is 32.3 Å². The van der Waals surface area contributed by atoms with E-state index in [2.05, 4.69) is 21.2 Å². The molecule has 0 aliphatic heterocycles. The van der Waals surface area contributed by atoms with E-state index in [1.165, 1.54) is 12.1 Å². The van der Waals surface area contributed by atoms with Gasteiger partial charge in [0.05, 0.1) is 4.47 Å². The molecule has 2 aromatic carbocycles. The van der Waals surface area contributed by atoms with Gasteiger partial charge in [-0.25, -0.2) is 0 Å². The standard InChI is InChI=1S/C14H11BrF3NOS/c15-12-3-1-2-9(13(12)20)8-19-10-4-6-11(7-5-10)21-14(16,17)18/h1-7,19-20H,8H2. The number of alkyl halides is 3. The fraction of sp³-hybridized carbons (Fsp3) is 0.143. The van der Waals surface area contributed by atoms with Crippen molar-refractivity contribution in [1.82, 2.24) is 0 Å². The molecule has 0 radical (unpaired) electrons. The predicted octanol–water partition coefficient (Wildman–Crippen LogP) is 5.38. The average molecular weight is 378 g/mol. The van der Waals surface area contributed by atoms with E-state index in [1.54, 1.807) is 30.3 Å². The third-order valence-corrected chi connectivity index (χ3v) is 4.02. The largest absolute Gasteiger partial charge is 0.506 e. The number of phenolic OH excluding ortho intramolecular Hbond substituents is 1. The number of phenols is 1. The molecule has 21 heavy (non-hydrogen) atoms. The molecule has 0 saturated carbocycles. The SMILES string of the molecule is Oc1c(Br)cccc1CNc1ccc(SC(F)(F)F)cc1. The van der Waals surface area contributed by atoms with Crippen LogP contribution in [0.4, 0.5) is 18.9 Å². The summed E-state index contributed by atoms with van der Waals surface area (Å²) in [6, 6.07) is 11.2. The summed E-state index contributed by atoms with van der Waals surface area (Å²) in [5.74, 6) is 0.147. The van der Waals surface area contributed by atoms with Crippen LogP contribution < -0.4 is 5.32 Å². The third kappa shape index (κ3) is 4.86. The summed E-state index contributed by atoms with van der Waals surface area (Å²) < 4.78 is 37.2. The van der Waals surface area contributed by atoms with Gasteiger partial charge in [0, 0.05) is 22.7 Å². The molecule has 0 bridgehead atoms. The molecule has 7 heteroatoms. The number of hydrogen-bond donors (Lipinski definition) is 2. The van der Waals surface area contributed by atoms with E-state index in [4.69, 9.17) is 0 Å². The van der Waals surface area contributed by atoms with Crippen LogP contribution in [0, 0.1) is 0 Å². The number of rotatable bonds is 4. The Morgan fingerprint density at radius 1 is 1.10 bits per heavy atom. The van der Waals surface area contributed by atoms with Crippen molar-refractivity contribution in [2.24, 2.45) is 0 Å². The Balaban J connectivity index is 1.99. The van der Waals surface area contributed by atoms with Crippen LogP contribution in [0.5, 0.6) is 5.75 Å². The van der Waals surface area contributed by atoms with Crippen molar-refractivity contribution >= 4 is 33.4 Å². The van der Waals surface area contributed by atoms with Gasteiger partial charge in [0.25, 0.3) is 0 Å². The first-order chi connectivity index (χ1) is 9.85. The molecular weight excluding hydrogens is 367 g/mol. The highest BCUT2D eigenvalue weighted by Crippen LogP contribution is 2.37. The fourth-order valence-electron chi connectivity index (χ4n) is 1.67. The zero-order valence-electron chi connectivity index (χ0n) is 10.6. The molecule has 2 N–H and O–H groups in total. The maximum atomic E-state index is 12.2. The van der Waals surface area contributed by atoms with E-state index in [-0.39, 0.29) is 22.4 Å². The van der Waals surface area contributed by atoms with Gasteiger partial charge < -0.3 is 10.4 Å². The molecule has 0 spiro atoms. The highest BCUT2D eigenvalue weighted by Gasteiger charge is 2.28. The Hall–Kier alpha value is -1.34. The number of thioether (sulfide) groups is 1. The molecule has 0 atom stereocenters. The zero-order chi connectivity index (χ0) is 15.5. The maximum Gasteiger partial charge on any atom is 0.446 e. The minimum Gasteiger partial charge on any atom is -0.506 e. The monoisotopic (exact) mass is 377 g/mol. The molecule has 0 fully saturated rings. The van der Waals surface area contributed by atoms with E-state index in [0.717, 1.165) is 0 Å². The van der Waals surface area contributed by atoms with E-state index in [0.29, 0.717) is 22.3 Å². The Labute approximate surface area is 132 Å². The van der Waals surface area contributed by atoms with Gasteiger partial charge >= 0.3 is 5.51 Å². The van der Waals surface area contributed by atoms with Crippen molar-refractivity contribution in [2.45, 2.75) is 16.9 Å². The van der Waals surface area contributed by atoms with Crippen molar-refractivity contribution < 1.29 is 18.3 Å². The summed E-state index contributed by atoms with van der Waals surface area (Å²) in [5.41, 5.74) is -2.91. The Kier molecular flexibility index (Phi) is 5.05. The summed E-state index contributed by atoms with van der Waals surface area (Å²) in [6.07, 6.45) is 0. The van der Waals surface area contributed by atoms with Crippen LogP contribution in [0.2, 0.25) is 0 Å². The quantitative estimate of drug-likeness (QED) is 0.701. The third-order valence-electron chi connectivity index (χ3n) is 2.64. The van der Waals surface area contributed by atoms with Gasteiger partial charge in [0.2, 0.25) is 0 Å². The second kappa shape index (κ2) is 6.62. The van der Waals surface area contributed by atoms with Crippen LogP contribution >= 0.6 is 27.7 Å². The van der Waals surface area contributed by atoms with Crippen molar-refractivity contribution in [2.75, 3.05) is 5.32 Å². The minimum absolute atomic E-state index is 0.137. The number of para-hydroxylation sites is 1. The lowest BCUT2D eigenvalue weighted by atomic mass is 10.2. The smallest absolute Gasteiger partial charge is 0.446 e. The first-order valence-corrected chi connectivity index (χ1v) is 7.52. The lowest BCUT2D eigenvalue weighted by molar-refractivity contribution is -0.0328. The molecule has 2 nitrogen and oxygen atoms in total. The Morgan fingerprint density at radius 3 is 2.38 bits per heavy atom. The molecule has 0 heterocycles. The molecule has 2 rings (SSSR count). The number of aromatic hydroxyl groups is 1. The van der Waals surface area contributed by atoms with Crippen molar-refractivity contribution in [3.63, 3.8) is 0 Å². The van der Waals surface area contributed by atoms with Crippen LogP contribution in [0.15, 0.2) is 51.8 Å². The van der Waals surface area contributed by atoms with E-state index < -0.39 is 5.51 Å². The van der Waals surface area contributed by atoms with Gasteiger partial charge in [0.1, 0.15) is 5.75 Å². The molecule has 0 aromatic heterocycles. The summed E-state index contributed by atoms with van der Waals surface area (Å²) in [5, 5.41) is 12.9. The van der Waals surface area contributed by atoms with E-state index >= 15 is 0 Å². The number of anilines is 1. The van der Waals surface area contributed by atoms with E-state index in [9.17, 15) is 18.3 Å². The van der Waals surface area contributed by atoms with Crippen LogP contribution in [0.3, 0.4) is 0 Å². The summed E-state index contributed by atoms with van der Waals surface area (Å²) in [6.45, 7) is 0.372. The van der Waals surface area contributed by atoms with Crippen molar-refractivity contribution in [3.05, 3.63) is 52.5 Å². The highest BCUT2D eigenvalue weighted by molar-refractivity contribution is 9.10. The van der Waals surface area contributed by atoms with Crippen LogP contribution in [0.25, 0.3) is 0 Å². The Morgan fingerprint density at radius 2 is 1.76 bits per heavy atom. The first-order valence-electron chi connectivity index (χ1n) is 5.91. The van der Waals surface area contributed by atoms with Gasteiger partial charge in [-0.2, -0.15) is 13.2 Å². The molecule has 0 saturated heterocycles. The molecule has 112 valence electrons. The van der Waals surface area contributed by atoms with Crippen molar-refractivity contribution in [3.8, 4) is 5.75 Å². The van der Waals surface area contributed by atoms with Gasteiger partial charge in [-0.05, 0) is 58.0 Å². The highest BCUT2D eigenvalue weighted by atomic mass is 79.9. The lowest BCUT2D eigenvalue weighted by Crippen LogP contribution is -2.01. The predicted molar refractivity (Wildman–Crippen MR) is 81.5 cm³/mol. The average Bonchev–Trinajstić information content (AvgIpc) is 2.40. The maximum absolute atomic E-state index is 12.2.